The molecule has 2 N–H and O–H groups in total. The number of nitrogens with zero attached hydrogens (tertiary/aromatic N) is 1. The zero-order valence-corrected chi connectivity index (χ0v) is 10.8. The highest BCUT2D eigenvalue weighted by atomic mass is 19.1. The van der Waals surface area contributed by atoms with Crippen LogP contribution in [0, 0.1) is 5.82 Å². The molecule has 3 rings (SSSR count). The lowest BCUT2D eigenvalue weighted by Crippen LogP contribution is -2.23. The molecule has 0 bridgehead atoms. The Kier molecular flexibility index (Phi) is 3.43. The summed E-state index contributed by atoms with van der Waals surface area (Å²) in [7, 11) is 0. The van der Waals surface area contributed by atoms with E-state index in [1.165, 1.54) is 23.4 Å². The Hall–Kier alpha value is -2.27. The summed E-state index contributed by atoms with van der Waals surface area (Å²) in [4.78, 5) is 15.5. The number of rotatable bonds is 3. The van der Waals surface area contributed by atoms with Gasteiger partial charge in [-0.2, -0.15) is 0 Å². The van der Waals surface area contributed by atoms with Crippen LogP contribution < -0.4 is 10.6 Å². The number of carbonyl (C=O) groups is 1. The molecule has 0 spiro atoms. The van der Waals surface area contributed by atoms with Crippen LogP contribution in [-0.2, 0) is 19.6 Å². The van der Waals surface area contributed by atoms with E-state index in [0.29, 0.717) is 6.54 Å². The second kappa shape index (κ2) is 5.38. The van der Waals surface area contributed by atoms with E-state index in [-0.39, 0.29) is 11.5 Å². The third-order valence-corrected chi connectivity index (χ3v) is 3.32. The van der Waals surface area contributed by atoms with E-state index < -0.39 is 5.82 Å². The van der Waals surface area contributed by atoms with Gasteiger partial charge in [-0.25, -0.2) is 4.39 Å². The first-order valence-corrected chi connectivity index (χ1v) is 6.42. The van der Waals surface area contributed by atoms with Gasteiger partial charge >= 0.3 is 0 Å². The Balaban J connectivity index is 1.66. The highest BCUT2D eigenvalue weighted by molar-refractivity contribution is 5.93. The summed E-state index contributed by atoms with van der Waals surface area (Å²) in [6.45, 7) is 2.19. The van der Waals surface area contributed by atoms with Crippen LogP contribution in [0.2, 0.25) is 0 Å². The Morgan fingerprint density at radius 2 is 2.10 bits per heavy atom. The van der Waals surface area contributed by atoms with Crippen LogP contribution in [0.15, 0.2) is 36.7 Å². The fourth-order valence-electron chi connectivity index (χ4n) is 2.28. The standard InChI is InChI=1S/C15H14FN3O/c16-14-4-13(8-18-9-14)15(20)19-5-10-1-2-11-6-17-7-12(11)3-10/h1-4,8-9,17H,5-7H2,(H,19,20). The fourth-order valence-corrected chi connectivity index (χ4v) is 2.28. The molecule has 0 atom stereocenters. The first kappa shape index (κ1) is 12.7. The molecule has 0 fully saturated rings. The van der Waals surface area contributed by atoms with Crippen molar-refractivity contribution >= 4 is 5.91 Å². The van der Waals surface area contributed by atoms with Crippen molar-refractivity contribution in [3.8, 4) is 0 Å². The van der Waals surface area contributed by atoms with Gasteiger partial charge in [-0.05, 0) is 22.8 Å². The number of carbonyl (C=O) groups excluding carboxylic acids is 1. The van der Waals surface area contributed by atoms with Crippen molar-refractivity contribution in [2.45, 2.75) is 19.6 Å². The third kappa shape index (κ3) is 2.67. The van der Waals surface area contributed by atoms with Crippen molar-refractivity contribution in [3.63, 3.8) is 0 Å². The number of benzene rings is 1. The summed E-state index contributed by atoms with van der Waals surface area (Å²) in [6, 6.07) is 7.32. The van der Waals surface area contributed by atoms with Crippen molar-refractivity contribution in [1.82, 2.24) is 15.6 Å². The fraction of sp³-hybridized carbons (Fsp3) is 0.200. The summed E-state index contributed by atoms with van der Waals surface area (Å²) in [5.74, 6) is -0.836. The van der Waals surface area contributed by atoms with E-state index in [1.54, 1.807) is 0 Å². The third-order valence-electron chi connectivity index (χ3n) is 3.32. The van der Waals surface area contributed by atoms with Crippen LogP contribution >= 0.6 is 0 Å². The van der Waals surface area contributed by atoms with Gasteiger partial charge in [-0.15, -0.1) is 0 Å². The van der Waals surface area contributed by atoms with Crippen LogP contribution in [0.25, 0.3) is 0 Å². The molecule has 4 nitrogen and oxygen atoms in total. The smallest absolute Gasteiger partial charge is 0.253 e. The van der Waals surface area contributed by atoms with Crippen molar-refractivity contribution in [1.29, 1.82) is 0 Å². The van der Waals surface area contributed by atoms with Crippen molar-refractivity contribution in [3.05, 3.63) is 64.7 Å². The highest BCUT2D eigenvalue weighted by Gasteiger charge is 2.11. The maximum absolute atomic E-state index is 13.0. The number of aromatic nitrogens is 1. The van der Waals surface area contributed by atoms with Crippen molar-refractivity contribution in [2.24, 2.45) is 0 Å². The Morgan fingerprint density at radius 1 is 1.25 bits per heavy atom. The van der Waals surface area contributed by atoms with E-state index in [2.05, 4.69) is 27.8 Å². The molecule has 0 aliphatic carbocycles. The zero-order chi connectivity index (χ0) is 13.9. The number of amides is 1. The van der Waals surface area contributed by atoms with Gasteiger partial charge in [0, 0.05) is 25.8 Å². The molecular weight excluding hydrogens is 257 g/mol. The predicted octanol–water partition coefficient (Wildman–Crippen LogP) is 1.75. The molecule has 2 aromatic rings. The summed E-state index contributed by atoms with van der Waals surface area (Å²) in [5, 5.41) is 6.04. The predicted molar refractivity (Wildman–Crippen MR) is 72.4 cm³/mol. The van der Waals surface area contributed by atoms with Crippen molar-refractivity contribution < 1.29 is 9.18 Å². The molecule has 1 aliphatic rings. The van der Waals surface area contributed by atoms with Gasteiger partial charge in [-0.3, -0.25) is 9.78 Å². The first-order valence-electron chi connectivity index (χ1n) is 6.42. The monoisotopic (exact) mass is 271 g/mol. The molecule has 20 heavy (non-hydrogen) atoms. The van der Waals surface area contributed by atoms with E-state index in [0.717, 1.165) is 24.8 Å². The van der Waals surface area contributed by atoms with Gasteiger partial charge in [0.1, 0.15) is 5.82 Å². The zero-order valence-electron chi connectivity index (χ0n) is 10.8. The molecule has 1 aromatic carbocycles. The van der Waals surface area contributed by atoms with Crippen LogP contribution in [0.1, 0.15) is 27.0 Å². The Morgan fingerprint density at radius 3 is 2.95 bits per heavy atom. The minimum Gasteiger partial charge on any atom is -0.348 e. The minimum absolute atomic E-state index is 0.229. The molecule has 1 aromatic heterocycles. The molecule has 1 amide bonds. The van der Waals surface area contributed by atoms with Gasteiger partial charge in [0.15, 0.2) is 0 Å². The average molecular weight is 271 g/mol. The molecule has 0 saturated carbocycles. The summed E-state index contributed by atoms with van der Waals surface area (Å²) in [5.41, 5.74) is 3.83. The van der Waals surface area contributed by atoms with Gasteiger partial charge in [0.05, 0.1) is 11.8 Å². The first-order chi connectivity index (χ1) is 9.72. The molecule has 0 saturated heterocycles. The van der Waals surface area contributed by atoms with E-state index in [4.69, 9.17) is 0 Å². The Bertz CT molecular complexity index is 657. The normalized spacial score (nSPS) is 13.1. The van der Waals surface area contributed by atoms with Gasteiger partial charge in [0.25, 0.3) is 5.91 Å². The molecule has 102 valence electrons. The van der Waals surface area contributed by atoms with Gasteiger partial charge in [-0.1, -0.05) is 18.2 Å². The lowest BCUT2D eigenvalue weighted by Gasteiger charge is -2.07. The number of hydrogen-bond donors (Lipinski definition) is 2. The van der Waals surface area contributed by atoms with Crippen LogP contribution in [0.3, 0.4) is 0 Å². The van der Waals surface area contributed by atoms with E-state index in [1.807, 2.05) is 6.07 Å². The van der Waals surface area contributed by atoms with Crippen LogP contribution in [0.5, 0.6) is 0 Å². The van der Waals surface area contributed by atoms with Gasteiger partial charge in [0.2, 0.25) is 0 Å². The molecule has 0 radical (unpaired) electrons. The average Bonchev–Trinajstić information content (AvgIpc) is 2.92. The molecular formula is C15H14FN3O. The minimum atomic E-state index is -0.513. The lowest BCUT2D eigenvalue weighted by atomic mass is 10.1. The Labute approximate surface area is 116 Å². The molecule has 1 aliphatic heterocycles. The number of pyridine rings is 1. The SMILES string of the molecule is O=C(NCc1ccc2c(c1)CNC2)c1cncc(F)c1. The largest absolute Gasteiger partial charge is 0.348 e. The number of halogens is 1. The molecule has 5 heteroatoms. The summed E-state index contributed by atoms with van der Waals surface area (Å²) in [6.07, 6.45) is 2.43. The van der Waals surface area contributed by atoms with Crippen LogP contribution in [0.4, 0.5) is 4.39 Å². The summed E-state index contributed by atoms with van der Waals surface area (Å²) < 4.78 is 13.0. The lowest BCUT2D eigenvalue weighted by molar-refractivity contribution is 0.0950. The van der Waals surface area contributed by atoms with E-state index >= 15 is 0 Å². The van der Waals surface area contributed by atoms with Crippen molar-refractivity contribution in [2.75, 3.05) is 0 Å². The van der Waals surface area contributed by atoms with Gasteiger partial charge < -0.3 is 10.6 Å². The number of nitrogens with one attached hydrogen (secondary N) is 2. The maximum atomic E-state index is 13.0. The molecule has 0 unspecified atom stereocenters. The number of hydrogen-bond acceptors (Lipinski definition) is 3. The topological polar surface area (TPSA) is 54.0 Å². The second-order valence-corrected chi connectivity index (χ2v) is 4.78. The maximum Gasteiger partial charge on any atom is 0.253 e. The number of fused-ring (bicyclic) bond motifs is 1. The van der Waals surface area contributed by atoms with E-state index in [9.17, 15) is 9.18 Å². The highest BCUT2D eigenvalue weighted by Crippen LogP contribution is 2.17. The summed E-state index contributed by atoms with van der Waals surface area (Å²) >= 11 is 0. The molecule has 2 heterocycles. The second-order valence-electron chi connectivity index (χ2n) is 4.78. The van der Waals surface area contributed by atoms with Crippen LogP contribution in [-0.4, -0.2) is 10.9 Å². The quantitative estimate of drug-likeness (QED) is 0.894.